The Morgan fingerprint density at radius 2 is 1.90 bits per heavy atom. The minimum Gasteiger partial charge on any atom is -0.480 e. The van der Waals surface area contributed by atoms with Crippen molar-refractivity contribution in [3.05, 3.63) is 48.7 Å². The summed E-state index contributed by atoms with van der Waals surface area (Å²) < 4.78 is 15.5. The zero-order valence-corrected chi connectivity index (χ0v) is 16.6. The number of rotatable bonds is 5. The van der Waals surface area contributed by atoms with Crippen LogP contribution in [0.1, 0.15) is 25.8 Å². The highest BCUT2D eigenvalue weighted by molar-refractivity contribution is 5.77. The number of hydrogen-bond donors (Lipinski definition) is 2. The van der Waals surface area contributed by atoms with Crippen LogP contribution in [0.5, 0.6) is 0 Å². The van der Waals surface area contributed by atoms with E-state index >= 15 is 0 Å². The first-order valence-corrected chi connectivity index (χ1v) is 9.82. The van der Waals surface area contributed by atoms with Crippen molar-refractivity contribution in [3.8, 4) is 22.6 Å². The molecule has 1 saturated heterocycles. The zero-order chi connectivity index (χ0) is 21.3. The molecule has 3 heterocycles. The fourth-order valence-electron chi connectivity index (χ4n) is 3.92. The molecule has 0 radical (unpaired) electrons. The maximum absolute atomic E-state index is 13.4. The first-order valence-electron chi connectivity index (χ1n) is 9.82. The second-order valence-electron chi connectivity index (χ2n) is 7.44. The summed E-state index contributed by atoms with van der Waals surface area (Å²) in [6.45, 7) is 3.06. The van der Waals surface area contributed by atoms with Gasteiger partial charge in [-0.15, -0.1) is 0 Å². The van der Waals surface area contributed by atoms with Gasteiger partial charge in [0.1, 0.15) is 11.9 Å². The number of carboxylic acids is 1. The summed E-state index contributed by atoms with van der Waals surface area (Å²) in [4.78, 5) is 26.2. The maximum atomic E-state index is 13.4. The van der Waals surface area contributed by atoms with Crippen LogP contribution in [-0.2, 0) is 4.79 Å². The van der Waals surface area contributed by atoms with Gasteiger partial charge in [-0.3, -0.25) is 9.69 Å². The topological polar surface area (TPSA) is 110 Å². The summed E-state index contributed by atoms with van der Waals surface area (Å²) in [5, 5.41) is 9.28. The largest absolute Gasteiger partial charge is 0.480 e. The number of likely N-dealkylation sites (tertiary alicyclic amines) is 1. The quantitative estimate of drug-likeness (QED) is 0.665. The zero-order valence-electron chi connectivity index (χ0n) is 16.6. The Hall–Kier alpha value is -3.33. The second kappa shape index (κ2) is 8.19. The molecule has 8 nitrogen and oxygen atoms in total. The van der Waals surface area contributed by atoms with Crippen molar-refractivity contribution in [3.63, 3.8) is 0 Å². The summed E-state index contributed by atoms with van der Waals surface area (Å²) in [6, 6.07) is 7.58. The minimum atomic E-state index is -0.813. The summed E-state index contributed by atoms with van der Waals surface area (Å²) in [6.07, 6.45) is 4.93. The first kappa shape index (κ1) is 20.0. The predicted octanol–water partition coefficient (Wildman–Crippen LogP) is 2.84. The third-order valence-electron chi connectivity index (χ3n) is 5.63. The number of hydrogen-bond acceptors (Lipinski definition) is 6. The van der Waals surface area contributed by atoms with Crippen molar-refractivity contribution in [2.45, 2.75) is 31.8 Å². The summed E-state index contributed by atoms with van der Waals surface area (Å²) in [7, 11) is 0. The summed E-state index contributed by atoms with van der Waals surface area (Å²) >= 11 is 0. The number of imidazole rings is 1. The molecule has 0 amide bonds. The molecular formula is C21H23FN6O2. The van der Waals surface area contributed by atoms with Crippen LogP contribution >= 0.6 is 0 Å². The van der Waals surface area contributed by atoms with Crippen LogP contribution in [0.4, 0.5) is 10.3 Å². The number of carbonyl (C=O) groups is 1. The van der Waals surface area contributed by atoms with Crippen molar-refractivity contribution in [1.29, 1.82) is 0 Å². The van der Waals surface area contributed by atoms with Gasteiger partial charge < -0.3 is 15.4 Å². The number of nitrogens with two attached hydrogens (primary N) is 1. The number of nitrogens with zero attached hydrogens (tertiary/aromatic N) is 5. The molecule has 1 fully saturated rings. The number of halogens is 1. The molecule has 1 aliphatic heterocycles. The van der Waals surface area contributed by atoms with Gasteiger partial charge in [0.05, 0.1) is 23.4 Å². The van der Waals surface area contributed by atoms with E-state index in [0.29, 0.717) is 24.5 Å². The smallest absolute Gasteiger partial charge is 0.320 e. The Morgan fingerprint density at radius 1 is 1.20 bits per heavy atom. The molecule has 0 bridgehead atoms. The Labute approximate surface area is 173 Å². The number of carboxylic acid groups (broad SMARTS) is 1. The van der Waals surface area contributed by atoms with Crippen LogP contribution in [0.15, 0.2) is 42.9 Å². The van der Waals surface area contributed by atoms with E-state index in [4.69, 9.17) is 5.73 Å². The van der Waals surface area contributed by atoms with Gasteiger partial charge >= 0.3 is 5.97 Å². The fraction of sp³-hybridized carbons (Fsp3) is 0.333. The van der Waals surface area contributed by atoms with Gasteiger partial charge in [0.25, 0.3) is 0 Å². The van der Waals surface area contributed by atoms with Gasteiger partial charge in [-0.25, -0.2) is 19.3 Å². The van der Waals surface area contributed by atoms with Gasteiger partial charge in [0, 0.05) is 30.9 Å². The van der Waals surface area contributed by atoms with E-state index in [-0.39, 0.29) is 17.8 Å². The first-order chi connectivity index (χ1) is 14.4. The highest BCUT2D eigenvalue weighted by atomic mass is 19.1. The van der Waals surface area contributed by atoms with Gasteiger partial charge in [0.15, 0.2) is 0 Å². The fourth-order valence-corrected chi connectivity index (χ4v) is 3.92. The Kier molecular flexibility index (Phi) is 5.45. The third-order valence-corrected chi connectivity index (χ3v) is 5.63. The molecule has 1 aromatic carbocycles. The van der Waals surface area contributed by atoms with Crippen molar-refractivity contribution in [2.24, 2.45) is 0 Å². The van der Waals surface area contributed by atoms with Crippen molar-refractivity contribution in [1.82, 2.24) is 24.4 Å². The molecule has 9 heteroatoms. The number of benzene rings is 1. The minimum absolute atomic E-state index is 0.134. The molecule has 156 valence electrons. The average molecular weight is 410 g/mol. The van der Waals surface area contributed by atoms with Crippen LogP contribution < -0.4 is 5.73 Å². The number of aliphatic carboxylic acids is 1. The number of aromatic nitrogens is 4. The lowest BCUT2D eigenvalue weighted by Crippen LogP contribution is -2.44. The van der Waals surface area contributed by atoms with Gasteiger partial charge in [-0.05, 0) is 50.1 Å². The Morgan fingerprint density at radius 3 is 2.53 bits per heavy atom. The lowest BCUT2D eigenvalue weighted by molar-refractivity contribution is -0.143. The second-order valence-corrected chi connectivity index (χ2v) is 7.44. The third kappa shape index (κ3) is 3.88. The van der Waals surface area contributed by atoms with Crippen molar-refractivity contribution >= 4 is 11.9 Å². The molecule has 0 aliphatic carbocycles. The molecule has 1 atom stereocenters. The van der Waals surface area contributed by atoms with Crippen LogP contribution in [-0.4, -0.2) is 54.6 Å². The van der Waals surface area contributed by atoms with E-state index in [1.54, 1.807) is 37.6 Å². The molecule has 2 aromatic heterocycles. The van der Waals surface area contributed by atoms with Gasteiger partial charge in [-0.2, -0.15) is 0 Å². The Balaban J connectivity index is 1.70. The molecule has 0 spiro atoms. The van der Waals surface area contributed by atoms with E-state index in [9.17, 15) is 14.3 Å². The van der Waals surface area contributed by atoms with E-state index in [1.165, 1.54) is 12.1 Å². The van der Waals surface area contributed by atoms with E-state index in [2.05, 4.69) is 19.5 Å². The molecule has 1 aliphatic rings. The predicted molar refractivity (Wildman–Crippen MR) is 110 cm³/mol. The molecular weight excluding hydrogens is 387 g/mol. The highest BCUT2D eigenvalue weighted by Crippen LogP contribution is 2.35. The van der Waals surface area contributed by atoms with E-state index in [0.717, 1.165) is 24.1 Å². The average Bonchev–Trinajstić information content (AvgIpc) is 3.19. The maximum Gasteiger partial charge on any atom is 0.320 e. The van der Waals surface area contributed by atoms with Crippen LogP contribution in [0, 0.1) is 5.82 Å². The SMILES string of the molecule is CC(C(=O)O)N1CCC(n2cnc(-c3ccc(F)cc3)c2-c2ccnc(N)n2)CC1. The molecule has 3 N–H and O–H groups in total. The molecule has 1 unspecified atom stereocenters. The number of nitrogen functional groups attached to an aromatic ring is 1. The normalized spacial score (nSPS) is 16.5. The molecule has 0 saturated carbocycles. The molecule has 3 aromatic rings. The molecule has 4 rings (SSSR count). The van der Waals surface area contributed by atoms with Crippen molar-refractivity contribution in [2.75, 3.05) is 18.8 Å². The van der Waals surface area contributed by atoms with E-state index < -0.39 is 12.0 Å². The highest BCUT2D eigenvalue weighted by Gasteiger charge is 2.29. The summed E-state index contributed by atoms with van der Waals surface area (Å²) in [5.41, 5.74) is 8.72. The number of piperidine rings is 1. The lowest BCUT2D eigenvalue weighted by Gasteiger charge is -2.35. The van der Waals surface area contributed by atoms with Crippen LogP contribution in [0.2, 0.25) is 0 Å². The van der Waals surface area contributed by atoms with Gasteiger partial charge in [-0.1, -0.05) is 0 Å². The van der Waals surface area contributed by atoms with E-state index in [1.807, 2.05) is 4.90 Å². The molecule has 30 heavy (non-hydrogen) atoms. The van der Waals surface area contributed by atoms with Crippen molar-refractivity contribution < 1.29 is 14.3 Å². The van der Waals surface area contributed by atoms with Crippen LogP contribution in [0.3, 0.4) is 0 Å². The lowest BCUT2D eigenvalue weighted by atomic mass is 10.0. The Bertz CT molecular complexity index is 1040. The van der Waals surface area contributed by atoms with Crippen LogP contribution in [0.25, 0.3) is 22.6 Å². The summed E-state index contributed by atoms with van der Waals surface area (Å²) in [5.74, 6) is -0.965. The standard InChI is InChI=1S/C21H23FN6O2/c1-13(20(29)30)27-10-7-16(8-11-27)28-12-25-18(14-2-4-15(22)5-3-14)19(28)17-6-9-24-21(23)26-17/h2-6,9,12-13,16H,7-8,10-11H2,1H3,(H,29,30)(H2,23,24,26). The van der Waals surface area contributed by atoms with Gasteiger partial charge in [0.2, 0.25) is 5.95 Å². The monoisotopic (exact) mass is 410 g/mol. The number of anilines is 1.